The number of carbonyl (C=O) groups is 3. The Morgan fingerprint density at radius 2 is 1.78 bits per heavy atom. The highest BCUT2D eigenvalue weighted by Crippen LogP contribution is 2.56. The van der Waals surface area contributed by atoms with Crippen LogP contribution in [0.25, 0.3) is 0 Å². The molecule has 4 aliphatic rings. The van der Waals surface area contributed by atoms with E-state index in [1.54, 1.807) is 24.3 Å². The molecular formula is C21H24N2O4. The van der Waals surface area contributed by atoms with Crippen LogP contribution in [0, 0.1) is 23.7 Å². The van der Waals surface area contributed by atoms with Gasteiger partial charge in [-0.2, -0.15) is 0 Å². The van der Waals surface area contributed by atoms with Crippen LogP contribution in [-0.2, 0) is 14.3 Å². The molecule has 5 rings (SSSR count). The molecule has 6 heteroatoms. The quantitative estimate of drug-likeness (QED) is 0.826. The van der Waals surface area contributed by atoms with Crippen LogP contribution in [0.3, 0.4) is 0 Å². The van der Waals surface area contributed by atoms with Gasteiger partial charge < -0.3 is 10.1 Å². The lowest BCUT2D eigenvalue weighted by Crippen LogP contribution is -2.36. The van der Waals surface area contributed by atoms with Crippen molar-refractivity contribution in [3.8, 4) is 0 Å². The summed E-state index contributed by atoms with van der Waals surface area (Å²) in [5, 5.41) is 2.90. The van der Waals surface area contributed by atoms with Crippen LogP contribution in [0.2, 0.25) is 0 Å². The number of para-hydroxylation sites is 1. The van der Waals surface area contributed by atoms with E-state index in [-0.39, 0.29) is 35.7 Å². The van der Waals surface area contributed by atoms with Crippen molar-refractivity contribution in [2.75, 3.05) is 18.1 Å². The van der Waals surface area contributed by atoms with E-state index in [9.17, 15) is 14.4 Å². The van der Waals surface area contributed by atoms with E-state index in [1.807, 2.05) is 0 Å². The van der Waals surface area contributed by atoms with E-state index in [0.29, 0.717) is 29.6 Å². The molecule has 1 N–H and O–H groups in total. The van der Waals surface area contributed by atoms with E-state index in [1.165, 1.54) is 4.90 Å². The summed E-state index contributed by atoms with van der Waals surface area (Å²) in [5.74, 6) is -0.183. The van der Waals surface area contributed by atoms with Crippen molar-refractivity contribution in [3.05, 3.63) is 29.8 Å². The highest BCUT2D eigenvalue weighted by molar-refractivity contribution is 6.24. The Kier molecular flexibility index (Phi) is 4.04. The average Bonchev–Trinajstić information content (AvgIpc) is 3.45. The molecule has 1 aromatic rings. The Hall–Kier alpha value is -2.21. The van der Waals surface area contributed by atoms with Gasteiger partial charge in [-0.05, 0) is 56.1 Å². The Balaban J connectivity index is 1.40. The molecule has 1 aromatic carbocycles. The van der Waals surface area contributed by atoms with E-state index in [0.717, 1.165) is 38.7 Å². The molecule has 5 atom stereocenters. The van der Waals surface area contributed by atoms with Crippen molar-refractivity contribution < 1.29 is 19.1 Å². The van der Waals surface area contributed by atoms with E-state index in [2.05, 4.69) is 5.32 Å². The largest absolute Gasteiger partial charge is 0.376 e. The number of fused-ring (bicyclic) bond motifs is 5. The van der Waals surface area contributed by atoms with Crippen LogP contribution < -0.4 is 10.2 Å². The maximum absolute atomic E-state index is 13.1. The summed E-state index contributed by atoms with van der Waals surface area (Å²) in [4.78, 5) is 40.2. The number of benzene rings is 1. The van der Waals surface area contributed by atoms with Crippen molar-refractivity contribution in [2.24, 2.45) is 23.7 Å². The van der Waals surface area contributed by atoms with Gasteiger partial charge >= 0.3 is 0 Å². The molecule has 0 radical (unpaired) electrons. The smallest absolute Gasteiger partial charge is 0.253 e. The fourth-order valence-corrected chi connectivity index (χ4v) is 5.61. The molecule has 27 heavy (non-hydrogen) atoms. The van der Waals surface area contributed by atoms with Crippen molar-refractivity contribution in [1.29, 1.82) is 0 Å². The van der Waals surface area contributed by atoms with Crippen LogP contribution in [0.15, 0.2) is 24.3 Å². The fourth-order valence-electron chi connectivity index (χ4n) is 5.61. The number of nitrogens with one attached hydrogen (secondary N) is 1. The van der Waals surface area contributed by atoms with Gasteiger partial charge in [-0.1, -0.05) is 12.1 Å². The molecular weight excluding hydrogens is 344 g/mol. The minimum Gasteiger partial charge on any atom is -0.376 e. The number of anilines is 1. The van der Waals surface area contributed by atoms with Crippen LogP contribution in [-0.4, -0.2) is 37.0 Å². The number of amides is 3. The normalized spacial score (nSPS) is 34.4. The minimum absolute atomic E-state index is 0.0474. The van der Waals surface area contributed by atoms with Crippen molar-refractivity contribution >= 4 is 23.4 Å². The van der Waals surface area contributed by atoms with Gasteiger partial charge in [0.25, 0.3) is 5.91 Å². The van der Waals surface area contributed by atoms with Gasteiger partial charge in [-0.15, -0.1) is 0 Å². The predicted octanol–water partition coefficient (Wildman–Crippen LogP) is 2.13. The van der Waals surface area contributed by atoms with Gasteiger partial charge in [0.05, 0.1) is 29.2 Å². The van der Waals surface area contributed by atoms with Crippen LogP contribution >= 0.6 is 0 Å². The molecule has 2 bridgehead atoms. The summed E-state index contributed by atoms with van der Waals surface area (Å²) in [6, 6.07) is 6.93. The highest BCUT2D eigenvalue weighted by atomic mass is 16.5. The second-order valence-electron chi connectivity index (χ2n) is 8.26. The number of hydrogen-bond acceptors (Lipinski definition) is 4. The summed E-state index contributed by atoms with van der Waals surface area (Å²) in [7, 11) is 0. The molecule has 0 unspecified atom stereocenters. The van der Waals surface area contributed by atoms with Crippen molar-refractivity contribution in [1.82, 2.24) is 5.32 Å². The number of ether oxygens (including phenoxy) is 1. The summed E-state index contributed by atoms with van der Waals surface area (Å²) < 4.78 is 5.55. The summed E-state index contributed by atoms with van der Waals surface area (Å²) in [6.45, 7) is 1.18. The van der Waals surface area contributed by atoms with Gasteiger partial charge in [0, 0.05) is 13.2 Å². The average molecular weight is 368 g/mol. The number of nitrogens with zero attached hydrogens (tertiary/aromatic N) is 1. The molecule has 2 heterocycles. The van der Waals surface area contributed by atoms with Gasteiger partial charge in [-0.3, -0.25) is 14.4 Å². The molecule has 0 aromatic heterocycles. The number of hydrogen-bond donors (Lipinski definition) is 1. The third-order valence-corrected chi connectivity index (χ3v) is 6.83. The van der Waals surface area contributed by atoms with Crippen LogP contribution in [0.4, 0.5) is 5.69 Å². The Morgan fingerprint density at radius 1 is 1.07 bits per heavy atom. The van der Waals surface area contributed by atoms with E-state index >= 15 is 0 Å². The second kappa shape index (κ2) is 6.44. The molecule has 4 fully saturated rings. The standard InChI is InChI=1S/C21H24N2O4/c24-19(22-11-14-4-3-9-27-14)15-5-1-2-6-16(15)23-20(25)17-12-7-8-13(10-12)18(17)21(23)26/h1-2,5-6,12-14,17-18H,3-4,7-11H2,(H,22,24)/t12-,13-,14-,17-,18-/m0/s1. The predicted molar refractivity (Wildman–Crippen MR) is 98.1 cm³/mol. The van der Waals surface area contributed by atoms with Gasteiger partial charge in [0.2, 0.25) is 11.8 Å². The van der Waals surface area contributed by atoms with Crippen LogP contribution in [0.1, 0.15) is 42.5 Å². The lowest BCUT2D eigenvalue weighted by atomic mass is 9.81. The minimum atomic E-state index is -0.262. The molecule has 2 saturated carbocycles. The van der Waals surface area contributed by atoms with Gasteiger partial charge in [0.1, 0.15) is 0 Å². The molecule has 0 spiro atoms. The maximum atomic E-state index is 13.1. The molecule has 2 saturated heterocycles. The Morgan fingerprint density at radius 3 is 2.44 bits per heavy atom. The lowest BCUT2D eigenvalue weighted by Gasteiger charge is -2.20. The van der Waals surface area contributed by atoms with Crippen molar-refractivity contribution in [2.45, 2.75) is 38.2 Å². The first-order valence-electron chi connectivity index (χ1n) is 10.0. The van der Waals surface area contributed by atoms with Gasteiger partial charge in [-0.25, -0.2) is 4.90 Å². The monoisotopic (exact) mass is 368 g/mol. The molecule has 6 nitrogen and oxygen atoms in total. The zero-order valence-electron chi connectivity index (χ0n) is 15.2. The Bertz CT molecular complexity index is 773. The first-order valence-corrected chi connectivity index (χ1v) is 10.0. The van der Waals surface area contributed by atoms with E-state index in [4.69, 9.17) is 4.74 Å². The number of carbonyl (C=O) groups excluding carboxylic acids is 3. The Labute approximate surface area is 158 Å². The van der Waals surface area contributed by atoms with Gasteiger partial charge in [0.15, 0.2) is 0 Å². The molecule has 142 valence electrons. The highest BCUT2D eigenvalue weighted by Gasteiger charge is 2.61. The van der Waals surface area contributed by atoms with Crippen molar-refractivity contribution in [3.63, 3.8) is 0 Å². The third kappa shape index (κ3) is 2.61. The van der Waals surface area contributed by atoms with Crippen LogP contribution in [0.5, 0.6) is 0 Å². The fraction of sp³-hybridized carbons (Fsp3) is 0.571. The zero-order chi connectivity index (χ0) is 18.5. The SMILES string of the molecule is O=C(NC[C@@H]1CCCO1)c1ccccc1N1C(=O)[C@H]2[C@H]3CC[C@@H](C3)[C@@H]2C1=O. The topological polar surface area (TPSA) is 75.7 Å². The molecule has 2 aliphatic heterocycles. The summed E-state index contributed by atoms with van der Waals surface area (Å²) in [5.41, 5.74) is 0.802. The lowest BCUT2D eigenvalue weighted by molar-refractivity contribution is -0.123. The number of rotatable bonds is 4. The summed E-state index contributed by atoms with van der Waals surface area (Å²) >= 11 is 0. The maximum Gasteiger partial charge on any atom is 0.253 e. The molecule has 2 aliphatic carbocycles. The second-order valence-corrected chi connectivity index (χ2v) is 8.26. The summed E-state index contributed by atoms with van der Waals surface area (Å²) in [6.07, 6.45) is 5.09. The zero-order valence-corrected chi connectivity index (χ0v) is 15.2. The first-order chi connectivity index (χ1) is 13.1. The third-order valence-electron chi connectivity index (χ3n) is 6.83. The van der Waals surface area contributed by atoms with E-state index < -0.39 is 0 Å². The first kappa shape index (κ1) is 16.9. The number of imide groups is 1. The molecule has 3 amide bonds.